The summed E-state index contributed by atoms with van der Waals surface area (Å²) in [6, 6.07) is 13.2. The quantitative estimate of drug-likeness (QED) is 0.870. The van der Waals surface area contributed by atoms with Crippen molar-refractivity contribution in [2.45, 2.75) is 32.4 Å². The van der Waals surface area contributed by atoms with Gasteiger partial charge in [-0.15, -0.1) is 0 Å². The molecular formula is C23H27N3O3. The lowest BCUT2D eigenvalue weighted by Gasteiger charge is -2.52. The van der Waals surface area contributed by atoms with E-state index in [1.54, 1.807) is 31.4 Å². The van der Waals surface area contributed by atoms with E-state index in [1.165, 1.54) is 0 Å². The summed E-state index contributed by atoms with van der Waals surface area (Å²) in [6.07, 6.45) is 1.39. The van der Waals surface area contributed by atoms with Gasteiger partial charge >= 0.3 is 0 Å². The molecule has 29 heavy (non-hydrogen) atoms. The van der Waals surface area contributed by atoms with Crippen molar-refractivity contribution in [3.8, 4) is 5.75 Å². The van der Waals surface area contributed by atoms with Crippen molar-refractivity contribution in [2.24, 2.45) is 0 Å². The van der Waals surface area contributed by atoms with Crippen LogP contribution >= 0.6 is 0 Å². The molecule has 0 bridgehead atoms. The highest BCUT2D eigenvalue weighted by Gasteiger charge is 2.45. The number of fused-ring (bicyclic) bond motifs is 1. The second-order valence-corrected chi connectivity index (χ2v) is 7.77. The second-order valence-electron chi connectivity index (χ2n) is 7.77. The van der Waals surface area contributed by atoms with Crippen LogP contribution in [0.4, 0.5) is 5.69 Å². The normalized spacial score (nSPS) is 17.7. The Balaban J connectivity index is 1.53. The maximum atomic E-state index is 12.9. The molecule has 1 spiro atoms. The molecule has 1 N–H and O–H groups in total. The molecule has 0 atom stereocenters. The molecule has 6 heteroatoms. The van der Waals surface area contributed by atoms with Crippen molar-refractivity contribution in [1.82, 2.24) is 10.2 Å². The first kappa shape index (κ1) is 19.3. The van der Waals surface area contributed by atoms with Crippen molar-refractivity contribution in [3.05, 3.63) is 59.2 Å². The van der Waals surface area contributed by atoms with E-state index in [1.807, 2.05) is 24.0 Å². The van der Waals surface area contributed by atoms with Crippen LogP contribution in [-0.2, 0) is 0 Å². The zero-order chi connectivity index (χ0) is 20.6. The summed E-state index contributed by atoms with van der Waals surface area (Å²) < 4.78 is 5.17. The average Bonchev–Trinajstić information content (AvgIpc) is 2.74. The number of rotatable bonds is 3. The molecule has 2 aliphatic heterocycles. The summed E-state index contributed by atoms with van der Waals surface area (Å²) in [7, 11) is 1.61. The van der Waals surface area contributed by atoms with E-state index >= 15 is 0 Å². The predicted octanol–water partition coefficient (Wildman–Crippen LogP) is 3.21. The largest absolute Gasteiger partial charge is 0.497 e. The number of methoxy groups -OCH3 is 1. The van der Waals surface area contributed by atoms with Crippen LogP contribution in [0.2, 0.25) is 0 Å². The van der Waals surface area contributed by atoms with Crippen molar-refractivity contribution < 1.29 is 14.3 Å². The van der Waals surface area contributed by atoms with Gasteiger partial charge in [-0.1, -0.05) is 11.6 Å². The maximum Gasteiger partial charge on any atom is 0.255 e. The molecule has 4 rings (SSSR count). The topological polar surface area (TPSA) is 61.9 Å². The summed E-state index contributed by atoms with van der Waals surface area (Å²) in [5.41, 5.74) is 3.00. The van der Waals surface area contributed by atoms with Crippen molar-refractivity contribution in [3.63, 3.8) is 0 Å². The van der Waals surface area contributed by atoms with Crippen LogP contribution in [0.1, 0.15) is 46.0 Å². The Morgan fingerprint density at radius 3 is 2.45 bits per heavy atom. The number of carbonyl (C=O) groups excluding carboxylic acids is 2. The number of nitrogens with zero attached hydrogens (tertiary/aromatic N) is 2. The number of hydrogen-bond acceptors (Lipinski definition) is 4. The number of anilines is 1. The SMILES string of the molecule is CCN1c2ccc(C)cc2C(=O)NC12CCN(C(=O)c1ccc(OC)cc1)CC2. The van der Waals surface area contributed by atoms with E-state index in [9.17, 15) is 9.59 Å². The number of aryl methyl sites for hydroxylation is 1. The van der Waals surface area contributed by atoms with Crippen LogP contribution in [0.15, 0.2) is 42.5 Å². The van der Waals surface area contributed by atoms with Gasteiger partial charge in [0.15, 0.2) is 0 Å². The molecule has 0 aliphatic carbocycles. The molecule has 2 amide bonds. The number of likely N-dealkylation sites (tertiary alicyclic amines) is 1. The van der Waals surface area contributed by atoms with Gasteiger partial charge in [0.1, 0.15) is 11.4 Å². The summed E-state index contributed by atoms with van der Waals surface area (Å²) in [5, 5.41) is 3.26. The summed E-state index contributed by atoms with van der Waals surface area (Å²) in [4.78, 5) is 29.9. The number of carbonyl (C=O) groups is 2. The van der Waals surface area contributed by atoms with Gasteiger partial charge in [-0.05, 0) is 50.2 Å². The lowest BCUT2D eigenvalue weighted by molar-refractivity contribution is 0.0603. The highest BCUT2D eigenvalue weighted by Crippen LogP contribution is 2.37. The zero-order valence-corrected chi connectivity index (χ0v) is 17.2. The Bertz CT molecular complexity index is 931. The Kier molecular flexibility index (Phi) is 4.94. The Morgan fingerprint density at radius 2 is 1.83 bits per heavy atom. The maximum absolute atomic E-state index is 12.9. The van der Waals surface area contributed by atoms with Crippen LogP contribution < -0.4 is 15.0 Å². The first-order valence-electron chi connectivity index (χ1n) is 10.1. The van der Waals surface area contributed by atoms with Crippen LogP contribution in [0.5, 0.6) is 5.75 Å². The molecule has 0 aromatic heterocycles. The van der Waals surface area contributed by atoms with E-state index in [0.29, 0.717) is 31.5 Å². The van der Waals surface area contributed by atoms with Crippen LogP contribution in [-0.4, -0.2) is 49.1 Å². The zero-order valence-electron chi connectivity index (χ0n) is 17.2. The molecule has 152 valence electrons. The van der Waals surface area contributed by atoms with Crippen LogP contribution in [0.3, 0.4) is 0 Å². The Hall–Kier alpha value is -3.02. The smallest absolute Gasteiger partial charge is 0.255 e. The van der Waals surface area contributed by atoms with E-state index in [4.69, 9.17) is 4.74 Å². The highest BCUT2D eigenvalue weighted by atomic mass is 16.5. The molecule has 2 aromatic rings. The number of amides is 2. The molecule has 1 saturated heterocycles. The molecule has 2 aromatic carbocycles. The van der Waals surface area contributed by atoms with E-state index < -0.39 is 5.66 Å². The van der Waals surface area contributed by atoms with Crippen LogP contribution in [0, 0.1) is 6.92 Å². The third-order valence-corrected chi connectivity index (χ3v) is 6.08. The van der Waals surface area contributed by atoms with Gasteiger partial charge in [0.05, 0.1) is 18.4 Å². The molecule has 0 radical (unpaired) electrons. The van der Waals surface area contributed by atoms with Gasteiger partial charge in [0.2, 0.25) is 0 Å². The molecular weight excluding hydrogens is 366 g/mol. The van der Waals surface area contributed by atoms with Gasteiger partial charge < -0.3 is 19.9 Å². The van der Waals surface area contributed by atoms with E-state index in [0.717, 1.165) is 29.1 Å². The first-order chi connectivity index (χ1) is 14.0. The minimum absolute atomic E-state index is 0.0173. The lowest BCUT2D eigenvalue weighted by atomic mass is 9.89. The fourth-order valence-corrected chi connectivity index (χ4v) is 4.51. The van der Waals surface area contributed by atoms with Crippen molar-refractivity contribution >= 4 is 17.5 Å². The van der Waals surface area contributed by atoms with E-state index in [2.05, 4.69) is 23.2 Å². The van der Waals surface area contributed by atoms with Crippen molar-refractivity contribution in [1.29, 1.82) is 0 Å². The van der Waals surface area contributed by atoms with Gasteiger partial charge in [0, 0.05) is 38.0 Å². The van der Waals surface area contributed by atoms with Crippen LogP contribution in [0.25, 0.3) is 0 Å². The number of hydrogen-bond donors (Lipinski definition) is 1. The molecule has 2 heterocycles. The molecule has 1 fully saturated rings. The average molecular weight is 393 g/mol. The Morgan fingerprint density at radius 1 is 1.14 bits per heavy atom. The lowest BCUT2D eigenvalue weighted by Crippen LogP contribution is -2.68. The standard InChI is InChI=1S/C23H27N3O3/c1-4-26-20-10-5-16(2)15-19(20)21(27)24-23(26)11-13-25(14-12-23)22(28)17-6-8-18(29-3)9-7-17/h5-10,15H,4,11-14H2,1-3H3,(H,24,27). The second kappa shape index (κ2) is 7.43. The third-order valence-electron chi connectivity index (χ3n) is 6.08. The molecule has 0 saturated carbocycles. The van der Waals surface area contributed by atoms with Crippen molar-refractivity contribution in [2.75, 3.05) is 31.6 Å². The molecule has 2 aliphatic rings. The minimum Gasteiger partial charge on any atom is -0.497 e. The summed E-state index contributed by atoms with van der Waals surface area (Å²) in [6.45, 7) is 6.10. The Labute approximate surface area is 171 Å². The minimum atomic E-state index is -0.440. The van der Waals surface area contributed by atoms with Gasteiger partial charge in [-0.25, -0.2) is 0 Å². The number of ether oxygens (including phenoxy) is 1. The highest BCUT2D eigenvalue weighted by molar-refractivity contribution is 6.03. The number of piperidine rings is 1. The summed E-state index contributed by atoms with van der Waals surface area (Å²) in [5.74, 6) is 0.726. The molecule has 6 nitrogen and oxygen atoms in total. The first-order valence-corrected chi connectivity index (χ1v) is 10.1. The predicted molar refractivity (Wildman–Crippen MR) is 113 cm³/mol. The fourth-order valence-electron chi connectivity index (χ4n) is 4.51. The van der Waals surface area contributed by atoms with E-state index in [-0.39, 0.29) is 11.8 Å². The van der Waals surface area contributed by atoms with Gasteiger partial charge in [-0.3, -0.25) is 9.59 Å². The fraction of sp³-hybridized carbons (Fsp3) is 0.391. The summed E-state index contributed by atoms with van der Waals surface area (Å²) >= 11 is 0. The van der Waals surface area contributed by atoms with Gasteiger partial charge in [0.25, 0.3) is 11.8 Å². The number of nitrogens with one attached hydrogen (secondary N) is 1. The van der Waals surface area contributed by atoms with Gasteiger partial charge in [-0.2, -0.15) is 0 Å². The molecule has 0 unspecified atom stereocenters. The monoisotopic (exact) mass is 393 g/mol. The third kappa shape index (κ3) is 3.33. The number of benzene rings is 2.